The predicted octanol–water partition coefficient (Wildman–Crippen LogP) is 7.61. The first-order valence-corrected chi connectivity index (χ1v) is 11.5. The Morgan fingerprint density at radius 2 is 1.27 bits per heavy atom. The molecule has 4 heteroatoms. The van der Waals surface area contributed by atoms with Crippen LogP contribution in [0.3, 0.4) is 0 Å². The molecular formula is C29H32N2O2. The minimum Gasteiger partial charge on any atom is -0.490 e. The lowest BCUT2D eigenvalue weighted by Gasteiger charge is -2.41. The van der Waals surface area contributed by atoms with Crippen LogP contribution in [0.1, 0.15) is 39.7 Å². The molecule has 0 amide bonds. The Morgan fingerprint density at radius 1 is 0.788 bits per heavy atom. The van der Waals surface area contributed by atoms with Crippen molar-refractivity contribution in [1.82, 2.24) is 0 Å². The average Bonchev–Trinajstić information content (AvgIpc) is 2.79. The summed E-state index contributed by atoms with van der Waals surface area (Å²) >= 11 is 0. The summed E-state index contributed by atoms with van der Waals surface area (Å²) in [6.07, 6.45) is 1.02. The van der Waals surface area contributed by atoms with E-state index in [0.717, 1.165) is 17.9 Å². The van der Waals surface area contributed by atoms with Crippen LogP contribution in [-0.2, 0) is 5.41 Å². The molecule has 0 aromatic heterocycles. The molecule has 4 rings (SSSR count). The molecule has 0 aliphatic carbocycles. The normalized spacial score (nSPS) is 19.2. The quantitative estimate of drug-likeness (QED) is 0.421. The number of rotatable bonds is 3. The van der Waals surface area contributed by atoms with Crippen molar-refractivity contribution in [3.05, 3.63) is 84.4 Å². The minimum absolute atomic E-state index is 0.162. The number of ether oxygens (including phenoxy) is 2. The molecule has 170 valence electrons. The summed E-state index contributed by atoms with van der Waals surface area (Å²) in [5, 5.41) is 0. The van der Waals surface area contributed by atoms with E-state index in [1.165, 1.54) is 5.56 Å². The van der Waals surface area contributed by atoms with Gasteiger partial charge in [0.25, 0.3) is 0 Å². The van der Waals surface area contributed by atoms with Gasteiger partial charge in [-0.15, -0.1) is 0 Å². The predicted molar refractivity (Wildman–Crippen MR) is 134 cm³/mol. The molecule has 4 nitrogen and oxygen atoms in total. The molecule has 1 aliphatic heterocycles. The Balaban J connectivity index is 1.87. The molecule has 0 bridgehead atoms. The average molecular weight is 441 g/mol. The van der Waals surface area contributed by atoms with E-state index >= 15 is 0 Å². The summed E-state index contributed by atoms with van der Waals surface area (Å²) in [4.78, 5) is 8.89. The smallest absolute Gasteiger partial charge is 0.145 e. The highest BCUT2D eigenvalue weighted by molar-refractivity contribution is 5.64. The van der Waals surface area contributed by atoms with Crippen LogP contribution in [0.2, 0.25) is 0 Å². The Morgan fingerprint density at radius 3 is 1.79 bits per heavy atom. The summed E-state index contributed by atoms with van der Waals surface area (Å²) in [7, 11) is 0. The van der Waals surface area contributed by atoms with Gasteiger partial charge in [0.15, 0.2) is 0 Å². The van der Waals surface area contributed by atoms with E-state index in [0.29, 0.717) is 24.6 Å². The van der Waals surface area contributed by atoms with Crippen LogP contribution in [-0.4, -0.2) is 19.2 Å². The summed E-state index contributed by atoms with van der Waals surface area (Å²) in [5.74, 6) is 1.73. The molecule has 0 fully saturated rings. The van der Waals surface area contributed by atoms with Gasteiger partial charge in [0.1, 0.15) is 42.1 Å². The number of fused-ring (bicyclic) bond motifs is 2. The first-order valence-electron chi connectivity index (χ1n) is 11.5. The van der Waals surface area contributed by atoms with E-state index in [1.807, 2.05) is 48.5 Å². The van der Waals surface area contributed by atoms with Gasteiger partial charge in [0.2, 0.25) is 0 Å². The lowest BCUT2D eigenvalue weighted by Crippen LogP contribution is -2.46. The van der Waals surface area contributed by atoms with Gasteiger partial charge in [0.05, 0.1) is 5.41 Å². The number of hydrogen-bond donors (Lipinski definition) is 0. The lowest BCUT2D eigenvalue weighted by atomic mass is 9.67. The van der Waals surface area contributed by atoms with E-state index < -0.39 is 0 Å². The number of nitrogens with zero attached hydrogens (tertiary/aromatic N) is 2. The third-order valence-electron chi connectivity index (χ3n) is 6.25. The van der Waals surface area contributed by atoms with E-state index in [-0.39, 0.29) is 16.7 Å². The molecule has 3 aromatic carbocycles. The minimum atomic E-state index is -0.374. The fourth-order valence-electron chi connectivity index (χ4n) is 4.55. The zero-order chi connectivity index (χ0) is 23.3. The zero-order valence-electron chi connectivity index (χ0n) is 19.9. The molecule has 0 saturated heterocycles. The molecule has 1 heterocycles. The van der Waals surface area contributed by atoms with Crippen LogP contribution in [0.15, 0.2) is 88.8 Å². The SMILES string of the molecule is CC(CC(C)(C)C)C1(c2ccccc2)COc2ccccc2N=C=Nc2ccccc2OC1. The Bertz CT molecular complexity index is 1090. The summed E-state index contributed by atoms with van der Waals surface area (Å²) in [6, 6.07) is 29.0. The monoisotopic (exact) mass is 440 g/mol. The van der Waals surface area contributed by atoms with Crippen LogP contribution >= 0.6 is 0 Å². The topological polar surface area (TPSA) is 43.2 Å². The van der Waals surface area contributed by atoms with Gasteiger partial charge in [0, 0.05) is 0 Å². The van der Waals surface area contributed by atoms with Crippen LogP contribution in [0.5, 0.6) is 11.5 Å². The Hall–Kier alpha value is -3.36. The van der Waals surface area contributed by atoms with Crippen molar-refractivity contribution in [3.63, 3.8) is 0 Å². The fourth-order valence-corrected chi connectivity index (χ4v) is 4.55. The maximum Gasteiger partial charge on any atom is 0.145 e. The van der Waals surface area contributed by atoms with Crippen molar-refractivity contribution in [2.75, 3.05) is 13.2 Å². The molecule has 0 N–H and O–H groups in total. The first-order chi connectivity index (χ1) is 15.9. The number of benzene rings is 3. The highest BCUT2D eigenvalue weighted by atomic mass is 16.5. The molecule has 1 atom stereocenters. The van der Waals surface area contributed by atoms with Gasteiger partial charge in [-0.05, 0) is 47.6 Å². The second-order valence-corrected chi connectivity index (χ2v) is 10.0. The molecule has 3 aromatic rings. The molecule has 0 spiro atoms. The van der Waals surface area contributed by atoms with E-state index in [4.69, 9.17) is 9.47 Å². The highest BCUT2D eigenvalue weighted by Crippen LogP contribution is 2.42. The second kappa shape index (κ2) is 9.64. The van der Waals surface area contributed by atoms with E-state index in [1.54, 1.807) is 0 Å². The van der Waals surface area contributed by atoms with Crippen molar-refractivity contribution in [2.45, 2.75) is 39.5 Å². The van der Waals surface area contributed by atoms with Crippen LogP contribution in [0.4, 0.5) is 11.4 Å². The maximum absolute atomic E-state index is 6.50. The Kier molecular flexibility index (Phi) is 6.67. The van der Waals surface area contributed by atoms with Gasteiger partial charge in [-0.1, -0.05) is 82.3 Å². The molecule has 33 heavy (non-hydrogen) atoms. The highest BCUT2D eigenvalue weighted by Gasteiger charge is 2.42. The van der Waals surface area contributed by atoms with Gasteiger partial charge < -0.3 is 9.47 Å². The largest absolute Gasteiger partial charge is 0.490 e. The first kappa shape index (κ1) is 22.8. The molecule has 1 unspecified atom stereocenters. The van der Waals surface area contributed by atoms with Crippen molar-refractivity contribution in [3.8, 4) is 11.5 Å². The van der Waals surface area contributed by atoms with Gasteiger partial charge in [-0.2, -0.15) is 9.98 Å². The number of aliphatic imine (C=N–C) groups is 2. The summed E-state index contributed by atoms with van der Waals surface area (Å²) < 4.78 is 13.0. The number of hydrogen-bond acceptors (Lipinski definition) is 4. The van der Waals surface area contributed by atoms with Crippen LogP contribution < -0.4 is 9.47 Å². The molecule has 0 saturated carbocycles. The summed E-state index contributed by atoms with van der Waals surface area (Å²) in [5.41, 5.74) is 2.42. The van der Waals surface area contributed by atoms with Gasteiger partial charge >= 0.3 is 0 Å². The van der Waals surface area contributed by atoms with Gasteiger partial charge in [-0.3, -0.25) is 0 Å². The molecule has 1 aliphatic rings. The van der Waals surface area contributed by atoms with E-state index in [2.05, 4.69) is 74.0 Å². The van der Waals surface area contributed by atoms with E-state index in [9.17, 15) is 0 Å². The van der Waals surface area contributed by atoms with Crippen molar-refractivity contribution in [1.29, 1.82) is 0 Å². The second-order valence-electron chi connectivity index (χ2n) is 10.0. The maximum atomic E-state index is 6.50. The van der Waals surface area contributed by atoms with Crippen molar-refractivity contribution in [2.24, 2.45) is 21.3 Å². The zero-order valence-corrected chi connectivity index (χ0v) is 19.9. The third-order valence-corrected chi connectivity index (χ3v) is 6.25. The number of para-hydroxylation sites is 4. The standard InChI is InChI=1S/C29H32N2O2/c1-22(18-28(2,3)4)29(23-12-6-5-7-13-23)19-32-26-16-10-8-14-24(26)30-21-31-25-15-9-11-17-27(25)33-20-29/h5-17,22H,18-20H2,1-4H3. The van der Waals surface area contributed by atoms with Gasteiger partial charge in [-0.25, -0.2) is 0 Å². The Labute approximate surface area is 197 Å². The third kappa shape index (κ3) is 5.35. The van der Waals surface area contributed by atoms with Crippen LogP contribution in [0.25, 0.3) is 0 Å². The lowest BCUT2D eigenvalue weighted by molar-refractivity contribution is 0.0780. The van der Waals surface area contributed by atoms with Crippen molar-refractivity contribution < 1.29 is 9.47 Å². The van der Waals surface area contributed by atoms with Crippen LogP contribution in [0, 0.1) is 11.3 Å². The summed E-state index contributed by atoms with van der Waals surface area (Å²) in [6.45, 7) is 10.1. The molecule has 0 radical (unpaired) electrons. The molecular weight excluding hydrogens is 408 g/mol. The van der Waals surface area contributed by atoms with Crippen molar-refractivity contribution >= 4 is 17.4 Å². The fraction of sp³-hybridized carbons (Fsp3) is 0.345.